The van der Waals surface area contributed by atoms with Crippen molar-refractivity contribution in [1.82, 2.24) is 24.5 Å². The number of carbonyl (C=O) groups is 3. The van der Waals surface area contributed by atoms with Gasteiger partial charge in [0.05, 0.1) is 16.3 Å². The predicted octanol–water partition coefficient (Wildman–Crippen LogP) is 5.42. The Balaban J connectivity index is 0.00000504. The normalized spacial score (nSPS) is 20.6. The fourth-order valence-electron chi connectivity index (χ4n) is 7.56. The third-order valence-corrected chi connectivity index (χ3v) is 10.9. The van der Waals surface area contributed by atoms with E-state index in [1.54, 1.807) is 4.90 Å². The van der Waals surface area contributed by atoms with Gasteiger partial charge in [0.15, 0.2) is 6.10 Å². The van der Waals surface area contributed by atoms with Gasteiger partial charge in [-0.3, -0.25) is 9.69 Å². The summed E-state index contributed by atoms with van der Waals surface area (Å²) >= 11 is 6.11. The molecule has 4 heterocycles. The third-order valence-electron chi connectivity index (χ3n) is 10.6. The number of piperazine rings is 1. The number of carbonyl (C=O) groups excluding carboxylic acids is 3. The fraction of sp³-hybridized carbons (Fsp3) is 0.583. The number of nitrogen functional groups attached to an aromatic ring is 1. The van der Waals surface area contributed by atoms with E-state index in [0.29, 0.717) is 58.0 Å². The molecule has 0 radical (unpaired) electrons. The number of hydrogen-bond acceptors (Lipinski definition) is 7. The van der Waals surface area contributed by atoms with E-state index >= 15 is 0 Å². The van der Waals surface area contributed by atoms with Crippen molar-refractivity contribution in [3.63, 3.8) is 0 Å². The van der Waals surface area contributed by atoms with Gasteiger partial charge in [-0.05, 0) is 68.5 Å². The highest BCUT2D eigenvalue weighted by atomic mass is 35.5. The second-order valence-electron chi connectivity index (χ2n) is 13.8. The van der Waals surface area contributed by atoms with Crippen molar-refractivity contribution in [2.24, 2.45) is 0 Å². The quantitative estimate of drug-likeness (QED) is 0.381. The molecule has 0 unspecified atom stereocenters. The SMILES string of the molecule is C.CN1CCN(C2CCN(C(=O)[C@@H](Cc3cc(Cl)c(N)c(C(F)(F)F)c3)OC(=O)N3CCC(N4CCc5ccccc5NC4=O)CC3)CC2)CC1. The van der Waals surface area contributed by atoms with Gasteiger partial charge in [-0.25, -0.2) is 9.59 Å². The summed E-state index contributed by atoms with van der Waals surface area (Å²) in [5, 5.41) is 2.70. The van der Waals surface area contributed by atoms with E-state index in [1.165, 1.54) is 11.0 Å². The topological polar surface area (TPSA) is 115 Å². The van der Waals surface area contributed by atoms with Gasteiger partial charge < -0.3 is 35.4 Å². The summed E-state index contributed by atoms with van der Waals surface area (Å²) in [6.07, 6.45) is -3.90. The lowest BCUT2D eigenvalue weighted by Gasteiger charge is -2.42. The van der Waals surface area contributed by atoms with Gasteiger partial charge in [-0.1, -0.05) is 37.2 Å². The molecular formula is C36H49ClF3N7O4. The molecule has 4 aliphatic heterocycles. The maximum absolute atomic E-state index is 14.0. The number of amides is 4. The summed E-state index contributed by atoms with van der Waals surface area (Å²) in [5.41, 5.74) is 5.90. The first-order valence-corrected chi connectivity index (χ1v) is 17.7. The maximum Gasteiger partial charge on any atom is 0.418 e. The Hall–Kier alpha value is -3.75. The number of para-hydroxylation sites is 1. The molecule has 51 heavy (non-hydrogen) atoms. The van der Waals surface area contributed by atoms with Gasteiger partial charge in [-0.15, -0.1) is 0 Å². The molecule has 6 rings (SSSR count). The number of alkyl halides is 3. The number of hydrogen-bond donors (Lipinski definition) is 2. The van der Waals surface area contributed by atoms with Crippen LogP contribution in [0, 0.1) is 0 Å². The van der Waals surface area contributed by atoms with Gasteiger partial charge in [-0.2, -0.15) is 13.2 Å². The molecule has 3 fully saturated rings. The zero-order valence-electron chi connectivity index (χ0n) is 28.3. The lowest BCUT2D eigenvalue weighted by molar-refractivity contribution is -0.142. The summed E-state index contributed by atoms with van der Waals surface area (Å²) < 4.78 is 47.3. The number of piperidine rings is 2. The van der Waals surface area contributed by atoms with Crippen molar-refractivity contribution in [3.8, 4) is 0 Å². The average molecular weight is 736 g/mol. The summed E-state index contributed by atoms with van der Waals surface area (Å²) in [6, 6.07) is 9.91. The third kappa shape index (κ3) is 9.01. The Morgan fingerprint density at radius 1 is 0.941 bits per heavy atom. The van der Waals surface area contributed by atoms with Crippen molar-refractivity contribution >= 4 is 41.0 Å². The van der Waals surface area contributed by atoms with Crippen molar-refractivity contribution in [2.45, 2.75) is 70.3 Å². The van der Waals surface area contributed by atoms with Gasteiger partial charge in [0, 0.05) is 83.1 Å². The van der Waals surface area contributed by atoms with Crippen LogP contribution < -0.4 is 11.1 Å². The smallest absolute Gasteiger partial charge is 0.418 e. The molecule has 0 bridgehead atoms. The standard InChI is InChI=1S/C35H45ClF3N7O4.CH4/c1-42-16-18-43(19-17-42)25-7-11-44(12-8-25)32(47)30(22-23-20-27(35(37,38)39)31(40)28(36)21-23)50-34(49)45-13-9-26(10-14-45)46-15-6-24-4-2-3-5-29(24)41-33(46)48;/h2-5,20-21,25-26,30H,6-19,22,40H2,1H3,(H,41,48);1H4/t30-;/m1./s1. The molecule has 1 atom stereocenters. The van der Waals surface area contributed by atoms with E-state index in [4.69, 9.17) is 22.1 Å². The highest BCUT2D eigenvalue weighted by molar-refractivity contribution is 6.33. The van der Waals surface area contributed by atoms with E-state index in [-0.39, 0.29) is 36.5 Å². The second kappa shape index (κ2) is 16.3. The number of benzene rings is 2. The zero-order chi connectivity index (χ0) is 35.6. The number of likely N-dealkylation sites (tertiary alicyclic amines) is 2. The molecule has 2 aromatic carbocycles. The van der Waals surface area contributed by atoms with Crippen LogP contribution in [0.5, 0.6) is 0 Å². The van der Waals surface area contributed by atoms with Crippen molar-refractivity contribution in [1.29, 1.82) is 0 Å². The molecule has 11 nitrogen and oxygen atoms in total. The Morgan fingerprint density at radius 2 is 1.57 bits per heavy atom. The minimum Gasteiger partial charge on any atom is -0.436 e. The Labute approximate surface area is 302 Å². The Bertz CT molecular complexity index is 1560. The maximum atomic E-state index is 14.0. The lowest BCUT2D eigenvalue weighted by Crippen LogP contribution is -2.54. The minimum atomic E-state index is -4.76. The van der Waals surface area contributed by atoms with Crippen molar-refractivity contribution < 1.29 is 32.3 Å². The first-order valence-electron chi connectivity index (χ1n) is 17.3. The van der Waals surface area contributed by atoms with Gasteiger partial charge in [0.25, 0.3) is 5.91 Å². The second-order valence-corrected chi connectivity index (χ2v) is 14.2. The number of likely N-dealkylation sites (N-methyl/N-ethyl adjacent to an activating group) is 1. The van der Waals surface area contributed by atoms with Crippen LogP contribution in [0.1, 0.15) is 49.8 Å². The molecule has 4 amide bonds. The summed E-state index contributed by atoms with van der Waals surface area (Å²) in [4.78, 5) is 50.3. The van der Waals surface area contributed by atoms with E-state index in [0.717, 1.165) is 56.3 Å². The van der Waals surface area contributed by atoms with Crippen LogP contribution in [0.2, 0.25) is 5.02 Å². The molecule has 3 saturated heterocycles. The highest BCUT2D eigenvalue weighted by Gasteiger charge is 2.38. The number of anilines is 2. The lowest BCUT2D eigenvalue weighted by atomic mass is 9.99. The summed E-state index contributed by atoms with van der Waals surface area (Å²) in [7, 11) is 2.10. The molecule has 2 aromatic rings. The van der Waals surface area contributed by atoms with E-state index in [9.17, 15) is 27.6 Å². The number of nitrogens with one attached hydrogen (secondary N) is 1. The minimum absolute atomic E-state index is 0. The van der Waals surface area contributed by atoms with Gasteiger partial charge in [0.2, 0.25) is 0 Å². The van der Waals surface area contributed by atoms with Crippen LogP contribution in [0.3, 0.4) is 0 Å². The predicted molar refractivity (Wildman–Crippen MR) is 191 cm³/mol. The zero-order valence-corrected chi connectivity index (χ0v) is 29.0. The first-order chi connectivity index (χ1) is 23.9. The molecule has 3 N–H and O–H groups in total. The number of halogens is 4. The molecule has 280 valence electrons. The molecule has 4 aliphatic rings. The number of fused-ring (bicyclic) bond motifs is 1. The Kier molecular flexibility index (Phi) is 12.3. The average Bonchev–Trinajstić information content (AvgIpc) is 3.27. The number of rotatable bonds is 6. The fourth-order valence-corrected chi connectivity index (χ4v) is 7.80. The van der Waals surface area contributed by atoms with Crippen LogP contribution in [-0.2, 0) is 28.5 Å². The summed E-state index contributed by atoms with van der Waals surface area (Å²) in [5.74, 6) is -0.452. The molecule has 15 heteroatoms. The van der Waals surface area contributed by atoms with Crippen molar-refractivity contribution in [2.75, 3.05) is 77.0 Å². The van der Waals surface area contributed by atoms with Crippen LogP contribution >= 0.6 is 11.6 Å². The molecular weight excluding hydrogens is 687 g/mol. The highest BCUT2D eigenvalue weighted by Crippen LogP contribution is 2.38. The van der Waals surface area contributed by atoms with Crippen LogP contribution in [0.15, 0.2) is 36.4 Å². The van der Waals surface area contributed by atoms with Crippen molar-refractivity contribution in [3.05, 3.63) is 58.1 Å². The van der Waals surface area contributed by atoms with Crippen LogP contribution in [0.25, 0.3) is 0 Å². The van der Waals surface area contributed by atoms with Gasteiger partial charge in [0.1, 0.15) is 0 Å². The number of ether oxygens (including phenoxy) is 1. The van der Waals surface area contributed by atoms with E-state index in [2.05, 4.69) is 22.2 Å². The number of nitrogens with two attached hydrogens (primary N) is 1. The van der Waals surface area contributed by atoms with Gasteiger partial charge >= 0.3 is 18.3 Å². The first kappa shape index (κ1) is 38.5. The number of urea groups is 1. The number of nitrogens with zero attached hydrogens (tertiary/aromatic N) is 5. The Morgan fingerprint density at radius 3 is 2.24 bits per heavy atom. The largest absolute Gasteiger partial charge is 0.436 e. The molecule has 0 spiro atoms. The van der Waals surface area contributed by atoms with E-state index in [1.807, 2.05) is 29.2 Å². The summed E-state index contributed by atoms with van der Waals surface area (Å²) in [6.45, 7) is 5.93. The molecule has 0 aromatic heterocycles. The molecule has 0 aliphatic carbocycles. The molecule has 0 saturated carbocycles. The monoisotopic (exact) mass is 735 g/mol. The van der Waals surface area contributed by atoms with E-state index < -0.39 is 35.5 Å². The van der Waals surface area contributed by atoms with Crippen LogP contribution in [0.4, 0.5) is 34.1 Å². The van der Waals surface area contributed by atoms with Crippen LogP contribution in [-0.4, -0.2) is 127 Å².